The van der Waals surface area contributed by atoms with E-state index in [0.717, 1.165) is 30.6 Å². The highest BCUT2D eigenvalue weighted by atomic mass is 32.2. The van der Waals surface area contributed by atoms with Crippen LogP contribution in [0.25, 0.3) is 0 Å². The minimum Gasteiger partial charge on any atom is -0.493 e. The van der Waals surface area contributed by atoms with Gasteiger partial charge in [0.25, 0.3) is 5.91 Å². The highest BCUT2D eigenvalue weighted by molar-refractivity contribution is 7.89. The fourth-order valence-electron chi connectivity index (χ4n) is 3.70. The highest BCUT2D eigenvalue weighted by Crippen LogP contribution is 2.34. The number of carbonyl (C=O) groups is 1. The average Bonchev–Trinajstić information content (AvgIpc) is 3.52. The van der Waals surface area contributed by atoms with Gasteiger partial charge in [-0.15, -0.1) is 11.3 Å². The van der Waals surface area contributed by atoms with Crippen LogP contribution in [0.1, 0.15) is 40.9 Å². The summed E-state index contributed by atoms with van der Waals surface area (Å²) in [6, 6.07) is 14.9. The number of ether oxygens (including phenoxy) is 2. The van der Waals surface area contributed by atoms with Gasteiger partial charge in [-0.25, -0.2) is 13.1 Å². The Balaban J connectivity index is 1.47. The second-order valence-electron chi connectivity index (χ2n) is 7.78. The minimum atomic E-state index is -3.75. The van der Waals surface area contributed by atoms with Crippen LogP contribution in [0.15, 0.2) is 64.9 Å². The molecule has 0 radical (unpaired) electrons. The highest BCUT2D eigenvalue weighted by Gasteiger charge is 2.20. The van der Waals surface area contributed by atoms with E-state index in [-0.39, 0.29) is 23.1 Å². The molecule has 33 heavy (non-hydrogen) atoms. The van der Waals surface area contributed by atoms with Gasteiger partial charge < -0.3 is 14.8 Å². The molecule has 1 aromatic heterocycles. The van der Waals surface area contributed by atoms with Gasteiger partial charge >= 0.3 is 0 Å². The molecule has 174 valence electrons. The Morgan fingerprint density at radius 3 is 2.61 bits per heavy atom. The monoisotopic (exact) mass is 486 g/mol. The maximum Gasteiger partial charge on any atom is 0.255 e. The van der Waals surface area contributed by atoms with Crippen LogP contribution in [-0.2, 0) is 16.6 Å². The summed E-state index contributed by atoms with van der Waals surface area (Å²) in [7, 11) is -2.18. The first-order chi connectivity index (χ1) is 15.9. The van der Waals surface area contributed by atoms with Gasteiger partial charge in [0.05, 0.1) is 18.1 Å². The Labute approximate surface area is 197 Å². The smallest absolute Gasteiger partial charge is 0.255 e. The number of hydrogen-bond donors (Lipinski definition) is 2. The van der Waals surface area contributed by atoms with E-state index in [1.54, 1.807) is 37.4 Å². The van der Waals surface area contributed by atoms with E-state index < -0.39 is 15.9 Å². The second kappa shape index (κ2) is 10.4. The van der Waals surface area contributed by atoms with Gasteiger partial charge in [0, 0.05) is 28.7 Å². The number of anilines is 1. The zero-order valence-electron chi connectivity index (χ0n) is 18.2. The normalized spacial score (nSPS) is 14.2. The van der Waals surface area contributed by atoms with E-state index in [4.69, 9.17) is 9.47 Å². The topological polar surface area (TPSA) is 93.7 Å². The Morgan fingerprint density at radius 2 is 1.88 bits per heavy atom. The molecule has 1 amide bonds. The van der Waals surface area contributed by atoms with Crippen LogP contribution < -0.4 is 19.5 Å². The largest absolute Gasteiger partial charge is 0.493 e. The van der Waals surface area contributed by atoms with E-state index in [1.165, 1.54) is 23.5 Å². The quantitative estimate of drug-likeness (QED) is 0.453. The number of thiophene rings is 1. The molecule has 2 aromatic carbocycles. The summed E-state index contributed by atoms with van der Waals surface area (Å²) in [4.78, 5) is 13.8. The van der Waals surface area contributed by atoms with Crippen LogP contribution in [0.2, 0.25) is 0 Å². The van der Waals surface area contributed by atoms with E-state index in [1.807, 2.05) is 17.5 Å². The maximum atomic E-state index is 12.9. The van der Waals surface area contributed by atoms with Crippen LogP contribution in [-0.4, -0.2) is 27.5 Å². The lowest BCUT2D eigenvalue weighted by Gasteiger charge is -2.17. The van der Waals surface area contributed by atoms with Crippen LogP contribution >= 0.6 is 11.3 Å². The van der Waals surface area contributed by atoms with Gasteiger partial charge in [-0.2, -0.15) is 0 Å². The molecule has 1 heterocycles. The molecule has 4 rings (SSSR count). The van der Waals surface area contributed by atoms with Crippen molar-refractivity contribution in [3.63, 3.8) is 0 Å². The molecular weight excluding hydrogens is 460 g/mol. The third-order valence-corrected chi connectivity index (χ3v) is 7.72. The van der Waals surface area contributed by atoms with E-state index >= 15 is 0 Å². The van der Waals surface area contributed by atoms with E-state index in [9.17, 15) is 13.2 Å². The average molecular weight is 487 g/mol. The number of benzene rings is 2. The summed E-state index contributed by atoms with van der Waals surface area (Å²) in [5.41, 5.74) is 0.779. The number of sulfonamides is 1. The van der Waals surface area contributed by atoms with Crippen molar-refractivity contribution in [1.29, 1.82) is 0 Å². The Kier molecular flexibility index (Phi) is 7.32. The molecule has 0 aliphatic heterocycles. The Bertz CT molecular complexity index is 1200. The molecule has 0 unspecified atom stereocenters. The predicted molar refractivity (Wildman–Crippen MR) is 129 cm³/mol. The van der Waals surface area contributed by atoms with Gasteiger partial charge in [-0.3, -0.25) is 4.79 Å². The van der Waals surface area contributed by atoms with Crippen molar-refractivity contribution < 1.29 is 22.7 Å². The molecule has 7 nitrogen and oxygen atoms in total. The van der Waals surface area contributed by atoms with Crippen LogP contribution in [0, 0.1) is 0 Å². The molecule has 0 bridgehead atoms. The van der Waals surface area contributed by atoms with Crippen molar-refractivity contribution in [3.8, 4) is 11.5 Å². The molecule has 1 aliphatic carbocycles. The van der Waals surface area contributed by atoms with Crippen molar-refractivity contribution in [2.24, 2.45) is 0 Å². The zero-order valence-corrected chi connectivity index (χ0v) is 19.9. The lowest BCUT2D eigenvalue weighted by atomic mass is 10.2. The predicted octanol–water partition coefficient (Wildman–Crippen LogP) is 4.81. The third kappa shape index (κ3) is 5.93. The number of carbonyl (C=O) groups excluding carboxylic acids is 1. The third-order valence-electron chi connectivity index (χ3n) is 5.44. The van der Waals surface area contributed by atoms with Crippen LogP contribution in [0.4, 0.5) is 5.69 Å². The molecule has 2 N–H and O–H groups in total. The van der Waals surface area contributed by atoms with Gasteiger partial charge in [-0.05, 0) is 67.5 Å². The number of hydrogen-bond acceptors (Lipinski definition) is 6. The second-order valence-corrected chi connectivity index (χ2v) is 10.6. The number of methoxy groups -OCH3 is 1. The Morgan fingerprint density at radius 1 is 1.06 bits per heavy atom. The van der Waals surface area contributed by atoms with Crippen molar-refractivity contribution in [2.75, 3.05) is 12.4 Å². The van der Waals surface area contributed by atoms with Crippen molar-refractivity contribution >= 4 is 33.0 Å². The molecule has 1 fully saturated rings. The molecular formula is C24H26N2O5S2. The molecule has 0 atom stereocenters. The Hall–Kier alpha value is -2.88. The van der Waals surface area contributed by atoms with Gasteiger partial charge in [-0.1, -0.05) is 12.1 Å². The maximum absolute atomic E-state index is 12.9. The zero-order chi connectivity index (χ0) is 23.3. The summed E-state index contributed by atoms with van der Waals surface area (Å²) in [6.45, 7) is 0.200. The molecule has 1 saturated carbocycles. The number of amides is 1. The van der Waals surface area contributed by atoms with Gasteiger partial charge in [0.1, 0.15) is 0 Å². The first-order valence-corrected chi connectivity index (χ1v) is 13.1. The SMILES string of the molecule is COc1ccc(NC(=O)c2cccc(S(=O)(=O)NCc3cccs3)c2)cc1OC1CCCC1. The molecule has 0 spiro atoms. The van der Waals surface area contributed by atoms with Crippen molar-refractivity contribution in [1.82, 2.24) is 4.72 Å². The summed E-state index contributed by atoms with van der Waals surface area (Å²) in [5.74, 6) is 0.767. The fraction of sp³-hybridized carbons (Fsp3) is 0.292. The molecule has 1 aliphatic rings. The number of rotatable bonds is 9. The van der Waals surface area contributed by atoms with Crippen molar-refractivity contribution in [2.45, 2.75) is 43.2 Å². The summed E-state index contributed by atoms with van der Waals surface area (Å²) >= 11 is 1.47. The number of nitrogens with one attached hydrogen (secondary N) is 2. The van der Waals surface area contributed by atoms with E-state index in [2.05, 4.69) is 10.0 Å². The first-order valence-electron chi connectivity index (χ1n) is 10.7. The minimum absolute atomic E-state index is 0.0340. The molecule has 3 aromatic rings. The molecule has 0 saturated heterocycles. The van der Waals surface area contributed by atoms with Gasteiger partial charge in [0.2, 0.25) is 10.0 Å². The standard InChI is InChI=1S/C24H26N2O5S2/c1-30-22-12-11-18(15-23(22)31-19-7-2-3-8-19)26-24(27)17-6-4-10-21(14-17)33(28,29)25-16-20-9-5-13-32-20/h4-6,9-15,19,25H,2-3,7-8,16H2,1H3,(H,26,27). The lowest BCUT2D eigenvalue weighted by Crippen LogP contribution is -2.23. The van der Waals surface area contributed by atoms with Crippen molar-refractivity contribution in [3.05, 3.63) is 70.4 Å². The summed E-state index contributed by atoms with van der Waals surface area (Å²) in [6.07, 6.45) is 4.44. The first kappa shape index (κ1) is 23.3. The summed E-state index contributed by atoms with van der Waals surface area (Å²) < 4.78 is 39.4. The fourth-order valence-corrected chi connectivity index (χ4v) is 5.49. The summed E-state index contributed by atoms with van der Waals surface area (Å²) in [5, 5.41) is 4.71. The van der Waals surface area contributed by atoms with Crippen LogP contribution in [0.3, 0.4) is 0 Å². The van der Waals surface area contributed by atoms with Crippen LogP contribution in [0.5, 0.6) is 11.5 Å². The lowest BCUT2D eigenvalue weighted by molar-refractivity contribution is 0.102. The van der Waals surface area contributed by atoms with E-state index in [0.29, 0.717) is 17.2 Å². The van der Waals surface area contributed by atoms with Gasteiger partial charge in [0.15, 0.2) is 11.5 Å². The molecule has 9 heteroatoms.